The number of sulfonamides is 1. The van der Waals surface area contributed by atoms with Crippen molar-refractivity contribution in [2.45, 2.75) is 18.7 Å². The maximum absolute atomic E-state index is 12.2. The van der Waals surface area contributed by atoms with Gasteiger partial charge in [0.2, 0.25) is 0 Å². The van der Waals surface area contributed by atoms with E-state index >= 15 is 0 Å². The summed E-state index contributed by atoms with van der Waals surface area (Å²) in [5, 5.41) is 0. The highest BCUT2D eigenvalue weighted by Gasteiger charge is 2.18. The number of aryl methyl sites for hydroxylation is 1. The molecule has 0 aromatic heterocycles. The molecule has 0 amide bonds. The van der Waals surface area contributed by atoms with Crippen LogP contribution in [0.3, 0.4) is 0 Å². The molecule has 1 aliphatic carbocycles. The second kappa shape index (κ2) is 5.46. The summed E-state index contributed by atoms with van der Waals surface area (Å²) in [4.78, 5) is 11.7. The molecule has 0 spiro atoms. The van der Waals surface area contributed by atoms with E-state index < -0.39 is 10.0 Å². The summed E-state index contributed by atoms with van der Waals surface area (Å²) < 4.78 is 28.4. The first-order valence-corrected chi connectivity index (χ1v) is 8.05. The Morgan fingerprint density at radius 3 is 2.20 bits per heavy atom. The van der Waals surface area contributed by atoms with Gasteiger partial charge in [-0.05, 0) is 59.6 Å². The molecule has 0 N–H and O–H groups in total. The molecule has 6 heteroatoms. The van der Waals surface area contributed by atoms with Crippen LogP contribution in [-0.4, -0.2) is 19.9 Å². The molecule has 0 radical (unpaired) electrons. The average Bonchev–Trinajstić information content (AvgIpc) is 2.36. The Bertz CT molecular complexity index is 732. The van der Waals surface area contributed by atoms with Crippen molar-refractivity contribution < 1.29 is 13.2 Å². The molecule has 0 heterocycles. The first-order chi connectivity index (χ1) is 9.29. The number of allylic oxidation sites excluding steroid dienone is 4. The fraction of sp³-hybridized carbons (Fsp3) is 0.143. The van der Waals surface area contributed by atoms with Crippen LogP contribution in [0, 0.1) is 6.92 Å². The lowest BCUT2D eigenvalue weighted by Crippen LogP contribution is -2.11. The van der Waals surface area contributed by atoms with E-state index in [1.54, 1.807) is 19.1 Å². The normalized spacial score (nSPS) is 17.9. The van der Waals surface area contributed by atoms with Gasteiger partial charge in [-0.3, -0.25) is 4.79 Å². The number of halogens is 1. The van der Waals surface area contributed by atoms with Crippen LogP contribution in [0.2, 0.25) is 0 Å². The first-order valence-electron chi connectivity index (χ1n) is 5.81. The Morgan fingerprint density at radius 1 is 1.05 bits per heavy atom. The number of rotatable bonds is 2. The quantitative estimate of drug-likeness (QED) is 0.767. The molecule has 0 bridgehead atoms. The maximum atomic E-state index is 12.2. The van der Waals surface area contributed by atoms with Gasteiger partial charge in [0.05, 0.1) is 15.1 Å². The number of hydrogen-bond acceptors (Lipinski definition) is 3. The summed E-state index contributed by atoms with van der Waals surface area (Å²) in [6.07, 6.45) is 2.86. The third-order valence-corrected chi connectivity index (χ3v) is 4.67. The van der Waals surface area contributed by atoms with Crippen LogP contribution in [0.4, 0.5) is 0 Å². The third-order valence-electron chi connectivity index (χ3n) is 2.76. The van der Waals surface area contributed by atoms with Crippen molar-refractivity contribution in [2.75, 3.05) is 0 Å². The number of carbonyl (C=O) groups excluding carboxylic acids is 1. The van der Waals surface area contributed by atoms with E-state index in [9.17, 15) is 13.2 Å². The number of Topliss-reactive ketones (excluding diaryl/α,β-unsaturated/α-hetero) is 1. The minimum atomic E-state index is -3.77. The van der Waals surface area contributed by atoms with Crippen molar-refractivity contribution in [1.82, 2.24) is 0 Å². The first kappa shape index (κ1) is 14.9. The highest BCUT2D eigenvalue weighted by Crippen LogP contribution is 2.20. The van der Waals surface area contributed by atoms with Gasteiger partial charge >= 0.3 is 0 Å². The second-order valence-corrected chi connectivity index (χ2v) is 6.91. The van der Waals surface area contributed by atoms with E-state index in [2.05, 4.69) is 20.3 Å². The van der Waals surface area contributed by atoms with Crippen molar-refractivity contribution in [1.29, 1.82) is 0 Å². The summed E-state index contributed by atoms with van der Waals surface area (Å²) >= 11 is 3.10. The zero-order valence-corrected chi connectivity index (χ0v) is 13.3. The lowest BCUT2D eigenvalue weighted by molar-refractivity contribution is -0.111. The van der Waals surface area contributed by atoms with Gasteiger partial charge in [0.25, 0.3) is 10.0 Å². The molecule has 0 atom stereocenters. The fourth-order valence-corrected chi connectivity index (χ4v) is 3.18. The molecule has 0 aliphatic heterocycles. The Balaban J connectivity index is 2.44. The molecule has 0 unspecified atom stereocenters. The molecule has 1 aliphatic rings. The van der Waals surface area contributed by atoms with Gasteiger partial charge in [0.15, 0.2) is 5.78 Å². The van der Waals surface area contributed by atoms with Crippen molar-refractivity contribution in [2.24, 2.45) is 4.40 Å². The smallest absolute Gasteiger partial charge is 0.282 e. The number of nitrogens with zero attached hydrogens (tertiary/aromatic N) is 1. The Hall–Kier alpha value is -1.53. The molecular formula is C14H12BrNO3S. The number of ketones is 1. The molecule has 4 nitrogen and oxygen atoms in total. The predicted molar refractivity (Wildman–Crippen MR) is 81.6 cm³/mol. The number of carbonyl (C=O) groups is 1. The minimum Gasteiger partial charge on any atom is -0.288 e. The molecular weight excluding hydrogens is 342 g/mol. The van der Waals surface area contributed by atoms with E-state index in [1.165, 1.54) is 24.3 Å². The van der Waals surface area contributed by atoms with Crippen molar-refractivity contribution in [3.63, 3.8) is 0 Å². The number of benzene rings is 1. The average molecular weight is 354 g/mol. The fourth-order valence-electron chi connectivity index (χ4n) is 1.67. The minimum absolute atomic E-state index is 0.128. The monoisotopic (exact) mass is 353 g/mol. The third kappa shape index (κ3) is 3.13. The highest BCUT2D eigenvalue weighted by atomic mass is 79.9. The van der Waals surface area contributed by atoms with Crippen LogP contribution in [0.25, 0.3) is 0 Å². The zero-order chi connectivity index (χ0) is 14.9. The molecule has 0 saturated heterocycles. The summed E-state index contributed by atoms with van der Waals surface area (Å²) in [6.45, 7) is 3.49. The standard InChI is InChI=1S/C14H12BrNO3S/c1-9-3-5-12(6-4-9)20(18,19)16-11-7-10(2)14(17)13(15)8-11/h3-8H,1-2H3/b16-11+. The lowest BCUT2D eigenvalue weighted by Gasteiger charge is -2.07. The van der Waals surface area contributed by atoms with Gasteiger partial charge in [-0.25, -0.2) is 0 Å². The van der Waals surface area contributed by atoms with Gasteiger partial charge in [-0.15, -0.1) is 0 Å². The molecule has 20 heavy (non-hydrogen) atoms. The van der Waals surface area contributed by atoms with E-state index in [1.807, 2.05) is 6.92 Å². The van der Waals surface area contributed by atoms with E-state index in [0.29, 0.717) is 10.1 Å². The van der Waals surface area contributed by atoms with E-state index in [4.69, 9.17) is 0 Å². The highest BCUT2D eigenvalue weighted by molar-refractivity contribution is 9.12. The summed E-state index contributed by atoms with van der Waals surface area (Å²) in [5.41, 5.74) is 1.64. The van der Waals surface area contributed by atoms with Gasteiger partial charge in [-0.2, -0.15) is 12.8 Å². The van der Waals surface area contributed by atoms with Crippen LogP contribution in [0.15, 0.2) is 55.8 Å². The SMILES string of the molecule is CC1=C/C(=N\S(=O)(=O)c2ccc(C)cc2)C=C(Br)C1=O. The van der Waals surface area contributed by atoms with Crippen molar-refractivity contribution >= 4 is 37.4 Å². The lowest BCUT2D eigenvalue weighted by atomic mass is 10.1. The maximum Gasteiger partial charge on any atom is 0.282 e. The molecule has 1 aromatic rings. The van der Waals surface area contributed by atoms with Gasteiger partial charge < -0.3 is 0 Å². The van der Waals surface area contributed by atoms with Crippen molar-refractivity contribution in [3.05, 3.63) is 52.0 Å². The van der Waals surface area contributed by atoms with Crippen LogP contribution >= 0.6 is 15.9 Å². The second-order valence-electron chi connectivity index (χ2n) is 4.45. The van der Waals surface area contributed by atoms with Gasteiger partial charge in [0.1, 0.15) is 0 Å². The predicted octanol–water partition coefficient (Wildman–Crippen LogP) is 2.93. The summed E-state index contributed by atoms with van der Waals surface area (Å²) in [7, 11) is -3.77. The Labute approximate surface area is 126 Å². The summed E-state index contributed by atoms with van der Waals surface area (Å²) in [5.74, 6) is -0.170. The van der Waals surface area contributed by atoms with Gasteiger partial charge in [0, 0.05) is 0 Å². The zero-order valence-electron chi connectivity index (χ0n) is 10.9. The molecule has 1 aromatic carbocycles. The molecule has 0 saturated carbocycles. The number of hydrogen-bond donors (Lipinski definition) is 0. The van der Waals surface area contributed by atoms with Crippen LogP contribution < -0.4 is 0 Å². The Kier molecular flexibility index (Phi) is 4.06. The van der Waals surface area contributed by atoms with Crippen LogP contribution in [0.5, 0.6) is 0 Å². The topological polar surface area (TPSA) is 63.6 Å². The molecule has 104 valence electrons. The van der Waals surface area contributed by atoms with Gasteiger partial charge in [-0.1, -0.05) is 17.7 Å². The Morgan fingerprint density at radius 2 is 1.65 bits per heavy atom. The van der Waals surface area contributed by atoms with Crippen molar-refractivity contribution in [3.8, 4) is 0 Å². The van der Waals surface area contributed by atoms with Crippen LogP contribution in [-0.2, 0) is 14.8 Å². The summed E-state index contributed by atoms with van der Waals surface area (Å²) in [6, 6.07) is 6.45. The molecule has 2 rings (SSSR count). The van der Waals surface area contributed by atoms with E-state index in [0.717, 1.165) is 5.56 Å². The largest absolute Gasteiger partial charge is 0.288 e. The van der Waals surface area contributed by atoms with Crippen LogP contribution in [0.1, 0.15) is 12.5 Å². The molecule has 0 fully saturated rings. The van der Waals surface area contributed by atoms with E-state index in [-0.39, 0.29) is 16.4 Å².